The summed E-state index contributed by atoms with van der Waals surface area (Å²) in [6.07, 6.45) is -2.70. The SMILES string of the molecule is [CH2]c1cc(N(OC)C(=O)O)cc(N(OC)C(=O)O)c1. The summed E-state index contributed by atoms with van der Waals surface area (Å²) in [5, 5.41) is 19.0. The van der Waals surface area contributed by atoms with Gasteiger partial charge in [0.1, 0.15) is 0 Å². The molecule has 1 radical (unpaired) electrons. The Hall–Kier alpha value is -2.32. The third kappa shape index (κ3) is 3.33. The van der Waals surface area contributed by atoms with Crippen LogP contribution in [-0.4, -0.2) is 36.6 Å². The number of hydrogen-bond donors (Lipinski definition) is 2. The first kappa shape index (κ1) is 14.7. The molecule has 0 aliphatic rings. The molecule has 8 heteroatoms. The molecule has 2 amide bonds. The van der Waals surface area contributed by atoms with Crippen LogP contribution in [0.25, 0.3) is 0 Å². The molecular formula is C11H13N2O6. The number of carbonyl (C=O) groups is 2. The second-order valence-electron chi connectivity index (χ2n) is 3.38. The average Bonchev–Trinajstić information content (AvgIpc) is 2.28. The number of hydrogen-bond acceptors (Lipinski definition) is 4. The van der Waals surface area contributed by atoms with Crippen molar-refractivity contribution in [2.45, 2.75) is 0 Å². The first-order valence-corrected chi connectivity index (χ1v) is 5.02. The molecule has 0 aromatic heterocycles. The van der Waals surface area contributed by atoms with E-state index in [4.69, 9.17) is 10.2 Å². The van der Waals surface area contributed by atoms with Crippen LogP contribution in [0.3, 0.4) is 0 Å². The molecule has 1 aromatic carbocycles. The van der Waals surface area contributed by atoms with E-state index in [2.05, 4.69) is 16.6 Å². The monoisotopic (exact) mass is 269 g/mol. The van der Waals surface area contributed by atoms with Gasteiger partial charge in [0.2, 0.25) is 0 Å². The maximum atomic E-state index is 10.9. The van der Waals surface area contributed by atoms with Gasteiger partial charge in [-0.15, -0.1) is 0 Å². The van der Waals surface area contributed by atoms with E-state index in [9.17, 15) is 9.59 Å². The van der Waals surface area contributed by atoms with Crippen LogP contribution in [0.15, 0.2) is 18.2 Å². The maximum Gasteiger partial charge on any atom is 0.436 e. The molecule has 0 saturated carbocycles. The zero-order valence-electron chi connectivity index (χ0n) is 10.4. The molecule has 0 saturated heterocycles. The van der Waals surface area contributed by atoms with Crippen LogP contribution < -0.4 is 10.1 Å². The number of amides is 2. The Bertz CT molecular complexity index is 450. The molecule has 1 rings (SSSR count). The Balaban J connectivity index is 3.26. The highest BCUT2D eigenvalue weighted by Crippen LogP contribution is 2.25. The van der Waals surface area contributed by atoms with E-state index >= 15 is 0 Å². The summed E-state index contributed by atoms with van der Waals surface area (Å²) in [5.74, 6) is 0. The van der Waals surface area contributed by atoms with Crippen molar-refractivity contribution in [1.82, 2.24) is 0 Å². The highest BCUT2D eigenvalue weighted by atomic mass is 16.7. The number of anilines is 2. The summed E-state index contributed by atoms with van der Waals surface area (Å²) < 4.78 is 0. The third-order valence-electron chi connectivity index (χ3n) is 2.14. The van der Waals surface area contributed by atoms with Gasteiger partial charge < -0.3 is 10.2 Å². The minimum absolute atomic E-state index is 0.112. The second-order valence-corrected chi connectivity index (χ2v) is 3.38. The van der Waals surface area contributed by atoms with Crippen molar-refractivity contribution in [3.8, 4) is 0 Å². The van der Waals surface area contributed by atoms with Gasteiger partial charge in [-0.1, -0.05) is 0 Å². The number of benzene rings is 1. The first-order chi connectivity index (χ1) is 8.90. The summed E-state index contributed by atoms with van der Waals surface area (Å²) in [4.78, 5) is 31.3. The van der Waals surface area contributed by atoms with Gasteiger partial charge in [0.25, 0.3) is 0 Å². The summed E-state index contributed by atoms with van der Waals surface area (Å²) in [6, 6.07) is 4.14. The van der Waals surface area contributed by atoms with E-state index in [-0.39, 0.29) is 11.4 Å². The van der Waals surface area contributed by atoms with E-state index in [0.717, 1.165) is 0 Å². The Labute approximate surface area is 109 Å². The molecule has 103 valence electrons. The molecule has 0 aliphatic heterocycles. The van der Waals surface area contributed by atoms with E-state index in [1.165, 1.54) is 32.4 Å². The fourth-order valence-electron chi connectivity index (χ4n) is 1.48. The van der Waals surface area contributed by atoms with E-state index in [1.54, 1.807) is 0 Å². The number of carboxylic acid groups (broad SMARTS) is 2. The number of rotatable bonds is 4. The summed E-state index contributed by atoms with van der Waals surface area (Å²) in [6.45, 7) is 3.64. The van der Waals surface area contributed by atoms with Crippen LogP contribution in [0.5, 0.6) is 0 Å². The summed E-state index contributed by atoms with van der Waals surface area (Å²) >= 11 is 0. The van der Waals surface area contributed by atoms with Crippen molar-refractivity contribution in [3.63, 3.8) is 0 Å². The predicted molar refractivity (Wildman–Crippen MR) is 65.9 cm³/mol. The standard InChI is InChI=1S/C11H13N2O6/c1-7-4-8(12(18-2)10(14)15)6-9(5-7)13(19-3)11(16)17/h4-6H,1H2,2-3H3,(H,14,15)(H,16,17). The van der Waals surface area contributed by atoms with Gasteiger partial charge in [-0.3, -0.25) is 9.68 Å². The molecule has 0 aliphatic carbocycles. The van der Waals surface area contributed by atoms with Crippen LogP contribution in [0.1, 0.15) is 5.56 Å². The van der Waals surface area contributed by atoms with Crippen molar-refractivity contribution >= 4 is 23.6 Å². The molecule has 0 unspecified atom stereocenters. The van der Waals surface area contributed by atoms with Crippen LogP contribution in [-0.2, 0) is 9.68 Å². The largest absolute Gasteiger partial charge is 0.463 e. The van der Waals surface area contributed by atoms with Crippen molar-refractivity contribution in [1.29, 1.82) is 0 Å². The average molecular weight is 269 g/mol. The summed E-state index contributed by atoms with van der Waals surface area (Å²) in [7, 11) is 2.35. The lowest BCUT2D eigenvalue weighted by Crippen LogP contribution is -2.30. The normalized spacial score (nSPS) is 10.1. The molecule has 1 aromatic rings. The Morgan fingerprint density at radius 3 is 1.63 bits per heavy atom. The first-order valence-electron chi connectivity index (χ1n) is 5.02. The predicted octanol–water partition coefficient (Wildman–Crippen LogP) is 1.96. The van der Waals surface area contributed by atoms with Gasteiger partial charge in [0.15, 0.2) is 0 Å². The third-order valence-corrected chi connectivity index (χ3v) is 2.14. The van der Waals surface area contributed by atoms with Crippen molar-refractivity contribution in [2.75, 3.05) is 24.3 Å². The molecule has 0 heterocycles. The molecule has 0 spiro atoms. The van der Waals surface area contributed by atoms with Gasteiger partial charge in [-0.25, -0.2) is 9.59 Å². The van der Waals surface area contributed by atoms with Crippen LogP contribution in [0.2, 0.25) is 0 Å². The lowest BCUT2D eigenvalue weighted by atomic mass is 10.2. The topological polar surface area (TPSA) is 99.5 Å². The number of hydroxylamine groups is 2. The molecular weight excluding hydrogens is 256 g/mol. The van der Waals surface area contributed by atoms with Gasteiger partial charge in [0, 0.05) is 0 Å². The lowest BCUT2D eigenvalue weighted by molar-refractivity contribution is 0.128. The minimum Gasteiger partial charge on any atom is -0.463 e. The quantitative estimate of drug-likeness (QED) is 0.810. The zero-order valence-corrected chi connectivity index (χ0v) is 10.4. The molecule has 8 nitrogen and oxygen atoms in total. The fourth-order valence-corrected chi connectivity index (χ4v) is 1.48. The van der Waals surface area contributed by atoms with Gasteiger partial charge in [0.05, 0.1) is 25.6 Å². The molecule has 0 fully saturated rings. The Morgan fingerprint density at radius 1 is 1.00 bits per heavy atom. The van der Waals surface area contributed by atoms with Crippen molar-refractivity contribution in [2.24, 2.45) is 0 Å². The highest BCUT2D eigenvalue weighted by molar-refractivity contribution is 5.88. The smallest absolute Gasteiger partial charge is 0.436 e. The molecule has 2 N–H and O–H groups in total. The van der Waals surface area contributed by atoms with Crippen LogP contribution in [0, 0.1) is 6.92 Å². The van der Waals surface area contributed by atoms with Crippen LogP contribution in [0.4, 0.5) is 21.0 Å². The van der Waals surface area contributed by atoms with E-state index < -0.39 is 12.2 Å². The lowest BCUT2D eigenvalue weighted by Gasteiger charge is -2.20. The molecule has 19 heavy (non-hydrogen) atoms. The minimum atomic E-state index is -1.35. The van der Waals surface area contributed by atoms with Gasteiger partial charge in [-0.05, 0) is 30.7 Å². The molecule has 0 bridgehead atoms. The van der Waals surface area contributed by atoms with Gasteiger partial charge >= 0.3 is 12.2 Å². The van der Waals surface area contributed by atoms with E-state index in [1.807, 2.05) is 0 Å². The van der Waals surface area contributed by atoms with Crippen LogP contribution >= 0.6 is 0 Å². The second kappa shape index (κ2) is 6.03. The maximum absolute atomic E-state index is 10.9. The molecule has 0 atom stereocenters. The van der Waals surface area contributed by atoms with Crippen molar-refractivity contribution < 1.29 is 29.5 Å². The zero-order chi connectivity index (χ0) is 14.6. The van der Waals surface area contributed by atoms with Gasteiger partial charge in [-0.2, -0.15) is 10.1 Å². The fraction of sp³-hybridized carbons (Fsp3) is 0.182. The Kier molecular flexibility index (Phi) is 4.67. The van der Waals surface area contributed by atoms with Crippen molar-refractivity contribution in [3.05, 3.63) is 30.7 Å². The highest BCUT2D eigenvalue weighted by Gasteiger charge is 2.19. The van der Waals surface area contributed by atoms with E-state index in [0.29, 0.717) is 15.7 Å². The number of nitrogens with zero attached hydrogens (tertiary/aromatic N) is 2. The summed E-state index contributed by atoms with van der Waals surface area (Å²) in [5.41, 5.74) is 0.626. The Morgan fingerprint density at radius 2 is 1.37 bits per heavy atom.